The Balaban J connectivity index is 3.82. The van der Waals surface area contributed by atoms with Crippen molar-refractivity contribution in [2.45, 2.75) is 232 Å². The zero-order valence-corrected chi connectivity index (χ0v) is 28.4. The minimum atomic E-state index is 0.0605. The smallest absolute Gasteiger partial charge is 0.306 e. The fourth-order valence-electron chi connectivity index (χ4n) is 6.02. The third-order valence-electron chi connectivity index (χ3n) is 8.85. The summed E-state index contributed by atoms with van der Waals surface area (Å²) in [5.41, 5.74) is 0. The van der Waals surface area contributed by atoms with Gasteiger partial charge in [0.2, 0.25) is 0 Å². The van der Waals surface area contributed by atoms with Gasteiger partial charge in [0.05, 0.1) is 0 Å². The van der Waals surface area contributed by atoms with E-state index in [0.717, 1.165) is 25.7 Å². The molecule has 0 aromatic rings. The van der Waals surface area contributed by atoms with E-state index in [0.29, 0.717) is 13.0 Å². The molecule has 3 heteroatoms. The second-order valence-corrected chi connectivity index (χ2v) is 13.1. The average Bonchev–Trinajstić information content (AvgIpc) is 2.97. The summed E-state index contributed by atoms with van der Waals surface area (Å²) < 4.78 is 6.03. The molecular weight excluding hydrogens is 504 g/mol. The van der Waals surface area contributed by atoms with Crippen LogP contribution in [0.3, 0.4) is 0 Å². The van der Waals surface area contributed by atoms with Crippen molar-refractivity contribution >= 4 is 5.97 Å². The van der Waals surface area contributed by atoms with Crippen molar-refractivity contribution in [1.29, 1.82) is 0 Å². The Bertz CT molecular complexity index is 492. The maximum atomic E-state index is 12.6. The van der Waals surface area contributed by atoms with Gasteiger partial charge in [-0.05, 0) is 38.5 Å². The molecule has 1 atom stereocenters. The number of aliphatic hydroxyl groups is 1. The minimum absolute atomic E-state index is 0.0605. The molecule has 0 aliphatic heterocycles. The normalized spacial score (nSPS) is 12.2. The molecule has 1 N–H and O–H groups in total. The highest BCUT2D eigenvalue weighted by Gasteiger charge is 2.14. The van der Waals surface area contributed by atoms with E-state index in [4.69, 9.17) is 9.84 Å². The van der Waals surface area contributed by atoms with E-state index in [-0.39, 0.29) is 12.1 Å². The third kappa shape index (κ3) is 33.8. The van der Waals surface area contributed by atoms with Crippen molar-refractivity contribution in [3.8, 4) is 0 Å². The summed E-state index contributed by atoms with van der Waals surface area (Å²) in [6, 6.07) is 0. The molecule has 0 rings (SSSR count). The molecule has 0 amide bonds. The van der Waals surface area contributed by atoms with E-state index in [1.165, 1.54) is 180 Å². The van der Waals surface area contributed by atoms with Gasteiger partial charge in [-0.1, -0.05) is 181 Å². The topological polar surface area (TPSA) is 46.5 Å². The number of carbonyl (C=O) groups excluding carboxylic acids is 1. The molecule has 0 spiro atoms. The lowest BCUT2D eigenvalue weighted by Crippen LogP contribution is -2.18. The Kier molecular flexibility index (Phi) is 35.1. The van der Waals surface area contributed by atoms with Crippen molar-refractivity contribution in [2.24, 2.45) is 0 Å². The molecule has 0 aromatic carbocycles. The standard InChI is InChI=1S/C38H76O3/c1-3-5-7-9-11-19-22-26-30-34-37(33-29-25-10-8-6-4-2)41-38(40)35-31-27-23-20-17-15-13-12-14-16-18-21-24-28-32-36-39/h37,39H,3-36H2,1-2H3. The summed E-state index contributed by atoms with van der Waals surface area (Å²) in [5, 5.41) is 8.81. The maximum absolute atomic E-state index is 12.6. The van der Waals surface area contributed by atoms with E-state index in [2.05, 4.69) is 13.8 Å². The van der Waals surface area contributed by atoms with Crippen molar-refractivity contribution in [2.75, 3.05) is 6.61 Å². The van der Waals surface area contributed by atoms with Gasteiger partial charge < -0.3 is 9.84 Å². The molecule has 0 aromatic heterocycles. The van der Waals surface area contributed by atoms with Gasteiger partial charge >= 0.3 is 5.97 Å². The van der Waals surface area contributed by atoms with Gasteiger partial charge in [0, 0.05) is 13.0 Å². The molecule has 0 saturated heterocycles. The number of esters is 1. The van der Waals surface area contributed by atoms with Crippen molar-refractivity contribution in [3.63, 3.8) is 0 Å². The molecule has 0 saturated carbocycles. The zero-order valence-electron chi connectivity index (χ0n) is 28.4. The summed E-state index contributed by atoms with van der Waals surface area (Å²) >= 11 is 0. The van der Waals surface area contributed by atoms with Crippen LogP contribution in [0.1, 0.15) is 226 Å². The van der Waals surface area contributed by atoms with E-state index >= 15 is 0 Å². The monoisotopic (exact) mass is 581 g/mol. The van der Waals surface area contributed by atoms with E-state index in [1.54, 1.807) is 0 Å². The van der Waals surface area contributed by atoms with Crippen LogP contribution in [0.5, 0.6) is 0 Å². The van der Waals surface area contributed by atoms with Crippen LogP contribution < -0.4 is 0 Å². The number of aliphatic hydroxyl groups excluding tert-OH is 1. The quantitative estimate of drug-likeness (QED) is 0.0599. The molecule has 1 unspecified atom stereocenters. The fourth-order valence-corrected chi connectivity index (χ4v) is 6.02. The van der Waals surface area contributed by atoms with Crippen LogP contribution in [-0.2, 0) is 9.53 Å². The maximum Gasteiger partial charge on any atom is 0.306 e. The Morgan fingerprint density at radius 3 is 1.07 bits per heavy atom. The van der Waals surface area contributed by atoms with Gasteiger partial charge in [-0.15, -0.1) is 0 Å². The summed E-state index contributed by atoms with van der Waals surface area (Å²) in [4.78, 5) is 12.6. The lowest BCUT2D eigenvalue weighted by atomic mass is 10.0. The van der Waals surface area contributed by atoms with E-state index in [1.807, 2.05) is 0 Å². The van der Waals surface area contributed by atoms with Crippen LogP contribution in [0.2, 0.25) is 0 Å². The van der Waals surface area contributed by atoms with Gasteiger partial charge in [-0.2, -0.15) is 0 Å². The molecule has 0 heterocycles. The summed E-state index contributed by atoms with van der Waals surface area (Å²) in [6.45, 7) is 4.91. The Morgan fingerprint density at radius 2 is 0.732 bits per heavy atom. The Hall–Kier alpha value is -0.570. The zero-order chi connectivity index (χ0) is 29.9. The lowest BCUT2D eigenvalue weighted by molar-refractivity contribution is -0.150. The Labute approximate surface area is 258 Å². The first-order valence-electron chi connectivity index (χ1n) is 19.0. The molecule has 0 aliphatic carbocycles. The first kappa shape index (κ1) is 40.4. The van der Waals surface area contributed by atoms with Crippen LogP contribution >= 0.6 is 0 Å². The highest BCUT2D eigenvalue weighted by Crippen LogP contribution is 2.19. The summed E-state index contributed by atoms with van der Waals surface area (Å²) in [6.07, 6.45) is 42.1. The second kappa shape index (κ2) is 35.6. The molecule has 0 bridgehead atoms. The average molecular weight is 581 g/mol. The van der Waals surface area contributed by atoms with Gasteiger partial charge in [-0.25, -0.2) is 0 Å². The van der Waals surface area contributed by atoms with Crippen LogP contribution in [-0.4, -0.2) is 23.8 Å². The Morgan fingerprint density at radius 1 is 0.439 bits per heavy atom. The fraction of sp³-hybridized carbons (Fsp3) is 0.974. The largest absolute Gasteiger partial charge is 0.462 e. The molecule has 246 valence electrons. The van der Waals surface area contributed by atoms with E-state index in [9.17, 15) is 4.79 Å². The molecule has 0 radical (unpaired) electrons. The van der Waals surface area contributed by atoms with Crippen molar-refractivity contribution in [1.82, 2.24) is 0 Å². The van der Waals surface area contributed by atoms with Gasteiger partial charge in [0.1, 0.15) is 6.10 Å². The number of ether oxygens (including phenoxy) is 1. The highest BCUT2D eigenvalue weighted by atomic mass is 16.5. The lowest BCUT2D eigenvalue weighted by Gasteiger charge is -2.18. The minimum Gasteiger partial charge on any atom is -0.462 e. The molecule has 3 nitrogen and oxygen atoms in total. The molecule has 0 aliphatic rings. The van der Waals surface area contributed by atoms with Crippen molar-refractivity contribution < 1.29 is 14.6 Å². The second-order valence-electron chi connectivity index (χ2n) is 13.1. The SMILES string of the molecule is CCCCCCCCCCCC(CCCCCCCC)OC(=O)CCCCCCCCCCCCCCCCCO. The highest BCUT2D eigenvalue weighted by molar-refractivity contribution is 5.69. The number of carbonyl (C=O) groups is 1. The number of unbranched alkanes of at least 4 members (excludes halogenated alkanes) is 27. The predicted octanol–water partition coefficient (Wildman–Crippen LogP) is 12.8. The van der Waals surface area contributed by atoms with E-state index < -0.39 is 0 Å². The van der Waals surface area contributed by atoms with Crippen LogP contribution in [0, 0.1) is 0 Å². The predicted molar refractivity (Wildman–Crippen MR) is 181 cm³/mol. The first-order valence-corrected chi connectivity index (χ1v) is 19.0. The van der Waals surface area contributed by atoms with Gasteiger partial charge in [-0.3, -0.25) is 4.79 Å². The first-order chi connectivity index (χ1) is 20.2. The third-order valence-corrected chi connectivity index (χ3v) is 8.85. The van der Waals surface area contributed by atoms with Crippen LogP contribution in [0.25, 0.3) is 0 Å². The number of hydrogen-bond acceptors (Lipinski definition) is 3. The van der Waals surface area contributed by atoms with Crippen LogP contribution in [0.4, 0.5) is 0 Å². The van der Waals surface area contributed by atoms with Crippen molar-refractivity contribution in [3.05, 3.63) is 0 Å². The van der Waals surface area contributed by atoms with Gasteiger partial charge in [0.15, 0.2) is 0 Å². The number of hydrogen-bond donors (Lipinski definition) is 1. The molecule has 41 heavy (non-hydrogen) atoms. The summed E-state index contributed by atoms with van der Waals surface area (Å²) in [5.74, 6) is 0.0605. The van der Waals surface area contributed by atoms with Gasteiger partial charge in [0.25, 0.3) is 0 Å². The number of rotatable bonds is 35. The molecule has 0 fully saturated rings. The van der Waals surface area contributed by atoms with Crippen LogP contribution in [0.15, 0.2) is 0 Å². The summed E-state index contributed by atoms with van der Waals surface area (Å²) in [7, 11) is 0. The molecular formula is C38H76O3.